The highest BCUT2D eigenvalue weighted by atomic mass is 32.2. The third-order valence-corrected chi connectivity index (χ3v) is 3.42. The van der Waals surface area contributed by atoms with Crippen LogP contribution in [0, 0.1) is 5.92 Å². The molecule has 1 unspecified atom stereocenters. The molecule has 1 aliphatic heterocycles. The fraction of sp³-hybridized carbons (Fsp3) is 0.300. The van der Waals surface area contributed by atoms with E-state index >= 15 is 0 Å². The minimum atomic E-state index is 0.0948. The number of benzene rings is 1. The molecule has 0 bridgehead atoms. The molecule has 2 rings (SSSR count). The predicted octanol–water partition coefficient (Wildman–Crippen LogP) is 2.37. The summed E-state index contributed by atoms with van der Waals surface area (Å²) < 4.78 is 0. The summed E-state index contributed by atoms with van der Waals surface area (Å²) in [5, 5.41) is 2.91. The van der Waals surface area contributed by atoms with E-state index in [-0.39, 0.29) is 11.8 Å². The summed E-state index contributed by atoms with van der Waals surface area (Å²) in [6, 6.07) is 7.92. The van der Waals surface area contributed by atoms with Gasteiger partial charge < -0.3 is 5.32 Å². The first-order valence-electron chi connectivity index (χ1n) is 4.30. The number of para-hydroxylation sites is 1. The molecule has 1 aromatic rings. The van der Waals surface area contributed by atoms with Gasteiger partial charge in [0.05, 0.1) is 5.69 Å². The Hall–Kier alpha value is -0.960. The Labute approximate surface area is 81.7 Å². The van der Waals surface area contributed by atoms with Gasteiger partial charge in [0.1, 0.15) is 0 Å². The molecule has 1 atom stereocenters. The normalized spacial score (nSPS) is 21.6. The van der Waals surface area contributed by atoms with Gasteiger partial charge in [-0.1, -0.05) is 19.1 Å². The van der Waals surface area contributed by atoms with E-state index in [1.54, 1.807) is 11.8 Å². The van der Waals surface area contributed by atoms with Crippen LogP contribution in [0.3, 0.4) is 0 Å². The lowest BCUT2D eigenvalue weighted by atomic mass is 10.2. The zero-order valence-corrected chi connectivity index (χ0v) is 8.23. The van der Waals surface area contributed by atoms with Crippen molar-refractivity contribution in [2.24, 2.45) is 5.92 Å². The van der Waals surface area contributed by atoms with Gasteiger partial charge in [0.25, 0.3) is 0 Å². The molecule has 0 aromatic heterocycles. The highest BCUT2D eigenvalue weighted by molar-refractivity contribution is 7.99. The highest BCUT2D eigenvalue weighted by Gasteiger charge is 2.19. The topological polar surface area (TPSA) is 29.1 Å². The number of carbonyl (C=O) groups is 1. The van der Waals surface area contributed by atoms with E-state index in [0.717, 1.165) is 11.4 Å². The zero-order valence-electron chi connectivity index (χ0n) is 7.41. The van der Waals surface area contributed by atoms with Gasteiger partial charge in [-0.2, -0.15) is 0 Å². The van der Waals surface area contributed by atoms with Gasteiger partial charge in [-0.25, -0.2) is 0 Å². The average Bonchev–Trinajstić information content (AvgIpc) is 2.28. The number of rotatable bonds is 0. The lowest BCUT2D eigenvalue weighted by molar-refractivity contribution is -0.118. The van der Waals surface area contributed by atoms with E-state index in [2.05, 4.69) is 5.32 Å². The number of nitrogens with one attached hydrogen (secondary N) is 1. The standard InChI is InChI=1S/C10H11NOS/c1-7-6-13-9-5-3-2-4-8(9)11-10(7)12/h2-5,7H,6H2,1H3,(H,11,12). The fourth-order valence-corrected chi connectivity index (χ4v) is 2.27. The van der Waals surface area contributed by atoms with Crippen molar-refractivity contribution >= 4 is 23.4 Å². The van der Waals surface area contributed by atoms with Crippen LogP contribution in [-0.4, -0.2) is 11.7 Å². The molecule has 1 aliphatic rings. The van der Waals surface area contributed by atoms with E-state index in [4.69, 9.17) is 0 Å². The van der Waals surface area contributed by atoms with E-state index in [1.165, 1.54) is 4.90 Å². The van der Waals surface area contributed by atoms with Gasteiger partial charge in [0.15, 0.2) is 0 Å². The fourth-order valence-electron chi connectivity index (χ4n) is 1.24. The lowest BCUT2D eigenvalue weighted by Crippen LogP contribution is -2.19. The minimum absolute atomic E-state index is 0.0948. The van der Waals surface area contributed by atoms with Crippen LogP contribution in [0.15, 0.2) is 29.2 Å². The van der Waals surface area contributed by atoms with Crippen molar-refractivity contribution in [3.8, 4) is 0 Å². The van der Waals surface area contributed by atoms with Crippen molar-refractivity contribution in [2.45, 2.75) is 11.8 Å². The third kappa shape index (κ3) is 1.70. The Morgan fingerprint density at radius 2 is 2.23 bits per heavy atom. The summed E-state index contributed by atoms with van der Waals surface area (Å²) in [4.78, 5) is 12.6. The molecule has 1 N–H and O–H groups in total. The minimum Gasteiger partial charge on any atom is -0.325 e. The summed E-state index contributed by atoms with van der Waals surface area (Å²) >= 11 is 1.74. The first-order chi connectivity index (χ1) is 6.27. The van der Waals surface area contributed by atoms with Gasteiger partial charge in [-0.05, 0) is 12.1 Å². The van der Waals surface area contributed by atoms with Gasteiger partial charge in [-0.15, -0.1) is 11.8 Å². The molecule has 3 heteroatoms. The van der Waals surface area contributed by atoms with Crippen LogP contribution >= 0.6 is 11.8 Å². The molecule has 0 spiro atoms. The molecule has 2 nitrogen and oxygen atoms in total. The molecular formula is C10H11NOS. The van der Waals surface area contributed by atoms with E-state index in [9.17, 15) is 4.79 Å². The van der Waals surface area contributed by atoms with Crippen molar-refractivity contribution in [3.63, 3.8) is 0 Å². The first kappa shape index (κ1) is 8.63. The van der Waals surface area contributed by atoms with Gasteiger partial charge >= 0.3 is 0 Å². The third-order valence-electron chi connectivity index (χ3n) is 2.08. The van der Waals surface area contributed by atoms with E-state index < -0.39 is 0 Å². The van der Waals surface area contributed by atoms with Gasteiger partial charge in [-0.3, -0.25) is 4.79 Å². The molecule has 0 saturated carbocycles. The SMILES string of the molecule is CC1CSc2ccccc2NC1=O. The van der Waals surface area contributed by atoms with Crippen LogP contribution in [-0.2, 0) is 4.79 Å². The van der Waals surface area contributed by atoms with Crippen LogP contribution in [0.2, 0.25) is 0 Å². The predicted molar refractivity (Wildman–Crippen MR) is 55.0 cm³/mol. The molecule has 0 aliphatic carbocycles. The smallest absolute Gasteiger partial charge is 0.228 e. The Morgan fingerprint density at radius 3 is 3.08 bits per heavy atom. The second-order valence-corrected chi connectivity index (χ2v) is 4.26. The van der Waals surface area contributed by atoms with E-state index in [1.807, 2.05) is 31.2 Å². The number of fused-ring (bicyclic) bond motifs is 1. The van der Waals surface area contributed by atoms with Crippen LogP contribution in [0.25, 0.3) is 0 Å². The molecule has 1 aromatic carbocycles. The Morgan fingerprint density at radius 1 is 1.46 bits per heavy atom. The van der Waals surface area contributed by atoms with Crippen molar-refractivity contribution in [1.29, 1.82) is 0 Å². The summed E-state index contributed by atoms with van der Waals surface area (Å²) in [5.41, 5.74) is 0.946. The molecule has 68 valence electrons. The van der Waals surface area contributed by atoms with Crippen molar-refractivity contribution in [3.05, 3.63) is 24.3 Å². The molecule has 1 heterocycles. The Balaban J connectivity index is 2.35. The Bertz CT molecular complexity index is 337. The average molecular weight is 193 g/mol. The van der Waals surface area contributed by atoms with Gasteiger partial charge in [0, 0.05) is 16.6 Å². The summed E-state index contributed by atoms with van der Waals surface area (Å²) in [5.74, 6) is 1.08. The zero-order chi connectivity index (χ0) is 9.26. The molecule has 0 saturated heterocycles. The van der Waals surface area contributed by atoms with Crippen LogP contribution in [0.1, 0.15) is 6.92 Å². The number of carbonyl (C=O) groups excluding carboxylic acids is 1. The molecule has 1 amide bonds. The van der Waals surface area contributed by atoms with Crippen molar-refractivity contribution in [1.82, 2.24) is 0 Å². The van der Waals surface area contributed by atoms with Crippen LogP contribution in [0.4, 0.5) is 5.69 Å². The summed E-state index contributed by atoms with van der Waals surface area (Å²) in [6.07, 6.45) is 0. The van der Waals surface area contributed by atoms with Crippen molar-refractivity contribution < 1.29 is 4.79 Å². The summed E-state index contributed by atoms with van der Waals surface area (Å²) in [7, 11) is 0. The maximum absolute atomic E-state index is 11.5. The van der Waals surface area contributed by atoms with Crippen LogP contribution in [0.5, 0.6) is 0 Å². The number of amides is 1. The van der Waals surface area contributed by atoms with Gasteiger partial charge in [0.2, 0.25) is 5.91 Å². The highest BCUT2D eigenvalue weighted by Crippen LogP contribution is 2.31. The monoisotopic (exact) mass is 193 g/mol. The molecule has 0 fully saturated rings. The second-order valence-electron chi connectivity index (χ2n) is 3.20. The molecule has 13 heavy (non-hydrogen) atoms. The number of thioether (sulfide) groups is 1. The van der Waals surface area contributed by atoms with E-state index in [0.29, 0.717) is 0 Å². The quantitative estimate of drug-likeness (QED) is 0.685. The number of hydrogen-bond acceptors (Lipinski definition) is 2. The molecule has 0 radical (unpaired) electrons. The number of anilines is 1. The van der Waals surface area contributed by atoms with Crippen LogP contribution < -0.4 is 5.32 Å². The number of hydrogen-bond donors (Lipinski definition) is 1. The summed E-state index contributed by atoms with van der Waals surface area (Å²) in [6.45, 7) is 1.95. The Kier molecular flexibility index (Phi) is 2.27. The second kappa shape index (κ2) is 3.42. The maximum Gasteiger partial charge on any atom is 0.228 e. The maximum atomic E-state index is 11.5. The van der Waals surface area contributed by atoms with Crippen molar-refractivity contribution in [2.75, 3.05) is 11.1 Å². The first-order valence-corrected chi connectivity index (χ1v) is 5.28. The lowest BCUT2D eigenvalue weighted by Gasteiger charge is -2.05. The molecular weight excluding hydrogens is 182 g/mol. The largest absolute Gasteiger partial charge is 0.325 e.